The molecule has 1 heterocycles. The molecule has 0 unspecified atom stereocenters. The number of halogens is 1. The van der Waals surface area contributed by atoms with Gasteiger partial charge in [0.25, 0.3) is 15.9 Å². The van der Waals surface area contributed by atoms with Crippen LogP contribution in [0.2, 0.25) is 5.02 Å². The van der Waals surface area contributed by atoms with Gasteiger partial charge in [0, 0.05) is 24.4 Å². The number of nitrogens with zero attached hydrogens (tertiary/aromatic N) is 2. The van der Waals surface area contributed by atoms with Crippen LogP contribution in [0.4, 0.5) is 11.5 Å². The molecule has 0 spiro atoms. The minimum atomic E-state index is -3.72. The van der Waals surface area contributed by atoms with Gasteiger partial charge in [-0.15, -0.1) is 0 Å². The van der Waals surface area contributed by atoms with Gasteiger partial charge in [0.1, 0.15) is 5.82 Å². The van der Waals surface area contributed by atoms with E-state index >= 15 is 0 Å². The summed E-state index contributed by atoms with van der Waals surface area (Å²) in [7, 11) is -2.07. The number of nitrogens with one attached hydrogen (secondary N) is 2. The topological polar surface area (TPSA) is 93.1 Å². The van der Waals surface area contributed by atoms with Crippen LogP contribution in [0.3, 0.4) is 0 Å². The first-order chi connectivity index (χ1) is 15.3. The predicted octanol–water partition coefficient (Wildman–Crippen LogP) is 4.79. The van der Waals surface area contributed by atoms with E-state index in [4.69, 9.17) is 11.6 Å². The average Bonchev–Trinajstić information content (AvgIpc) is 3.14. The smallest absolute Gasteiger partial charge is 0.263 e. The third-order valence-corrected chi connectivity index (χ3v) is 6.43. The minimum Gasteiger partial charge on any atom is -0.322 e. The molecule has 4 aromatic rings. The average molecular weight is 467 g/mol. The van der Waals surface area contributed by atoms with Gasteiger partial charge in [-0.25, -0.2) is 8.42 Å². The lowest BCUT2D eigenvalue weighted by Crippen LogP contribution is -2.15. The van der Waals surface area contributed by atoms with Gasteiger partial charge in [-0.2, -0.15) is 5.10 Å². The van der Waals surface area contributed by atoms with Crippen LogP contribution in [-0.4, -0.2) is 24.1 Å². The van der Waals surface area contributed by atoms with Crippen LogP contribution in [0.15, 0.2) is 89.8 Å². The molecule has 0 aliphatic heterocycles. The maximum absolute atomic E-state index is 12.6. The largest absolute Gasteiger partial charge is 0.322 e. The molecule has 1 amide bonds. The van der Waals surface area contributed by atoms with E-state index in [1.54, 1.807) is 79.8 Å². The van der Waals surface area contributed by atoms with Crippen molar-refractivity contribution < 1.29 is 13.2 Å². The zero-order valence-electron chi connectivity index (χ0n) is 17.0. The van der Waals surface area contributed by atoms with Crippen molar-refractivity contribution in [1.29, 1.82) is 0 Å². The molecule has 0 saturated heterocycles. The number of sulfonamides is 1. The monoisotopic (exact) mass is 466 g/mol. The molecule has 32 heavy (non-hydrogen) atoms. The third kappa shape index (κ3) is 4.66. The number of anilines is 2. The molecule has 3 aromatic carbocycles. The quantitative estimate of drug-likeness (QED) is 0.427. The first-order valence-electron chi connectivity index (χ1n) is 9.62. The summed E-state index contributed by atoms with van der Waals surface area (Å²) in [5.41, 5.74) is 2.33. The van der Waals surface area contributed by atoms with Crippen LogP contribution < -0.4 is 10.0 Å². The lowest BCUT2D eigenvalue weighted by Gasteiger charge is -2.07. The number of hydrogen-bond donors (Lipinski definition) is 2. The molecule has 0 fully saturated rings. The first kappa shape index (κ1) is 21.6. The van der Waals surface area contributed by atoms with Crippen molar-refractivity contribution in [3.05, 3.63) is 95.5 Å². The highest BCUT2D eigenvalue weighted by Crippen LogP contribution is 2.25. The maximum Gasteiger partial charge on any atom is 0.263 e. The number of aryl methyl sites for hydroxylation is 1. The Morgan fingerprint density at radius 2 is 1.59 bits per heavy atom. The molecule has 4 rings (SSSR count). The van der Waals surface area contributed by atoms with E-state index in [2.05, 4.69) is 15.1 Å². The molecule has 0 atom stereocenters. The van der Waals surface area contributed by atoms with Crippen molar-refractivity contribution in [3.8, 4) is 11.3 Å². The Balaban J connectivity index is 1.50. The van der Waals surface area contributed by atoms with Crippen molar-refractivity contribution in [1.82, 2.24) is 9.78 Å². The van der Waals surface area contributed by atoms with Gasteiger partial charge in [-0.3, -0.25) is 14.2 Å². The van der Waals surface area contributed by atoms with Crippen LogP contribution in [0, 0.1) is 0 Å². The number of aromatic nitrogens is 2. The number of rotatable bonds is 6. The molecule has 0 bridgehead atoms. The van der Waals surface area contributed by atoms with Crippen molar-refractivity contribution in [2.24, 2.45) is 7.05 Å². The van der Waals surface area contributed by atoms with Gasteiger partial charge in [-0.1, -0.05) is 54.1 Å². The molecule has 0 aliphatic rings. The Morgan fingerprint density at radius 1 is 0.938 bits per heavy atom. The zero-order chi connectivity index (χ0) is 22.7. The number of amides is 1. The molecule has 9 heteroatoms. The Bertz CT molecular complexity index is 1370. The Hall–Kier alpha value is -3.62. The van der Waals surface area contributed by atoms with E-state index in [0.29, 0.717) is 27.8 Å². The maximum atomic E-state index is 12.6. The normalized spacial score (nSPS) is 11.2. The summed E-state index contributed by atoms with van der Waals surface area (Å²) in [5, 5.41) is 7.57. The molecular formula is C23H19ClN4O3S. The minimum absolute atomic E-state index is 0.168. The fraction of sp³-hybridized carbons (Fsp3) is 0.0435. The van der Waals surface area contributed by atoms with Gasteiger partial charge >= 0.3 is 0 Å². The number of hydrogen-bond acceptors (Lipinski definition) is 4. The van der Waals surface area contributed by atoms with Gasteiger partial charge in [0.2, 0.25) is 0 Å². The second kappa shape index (κ2) is 8.86. The lowest BCUT2D eigenvalue weighted by atomic mass is 10.1. The lowest BCUT2D eigenvalue weighted by molar-refractivity contribution is 0.102. The van der Waals surface area contributed by atoms with E-state index in [-0.39, 0.29) is 10.8 Å². The highest BCUT2D eigenvalue weighted by molar-refractivity contribution is 7.92. The SMILES string of the molecule is Cn1nc(-c2ccc(NC(=O)c3ccccc3Cl)cc2)cc1NS(=O)(=O)c1ccccc1. The predicted molar refractivity (Wildman–Crippen MR) is 125 cm³/mol. The fourth-order valence-electron chi connectivity index (χ4n) is 3.07. The summed E-state index contributed by atoms with van der Waals surface area (Å²) in [5.74, 6) is 0.0266. The molecule has 0 saturated carbocycles. The van der Waals surface area contributed by atoms with Crippen LogP contribution in [0.25, 0.3) is 11.3 Å². The highest BCUT2D eigenvalue weighted by Gasteiger charge is 2.17. The van der Waals surface area contributed by atoms with E-state index in [1.807, 2.05) is 0 Å². The molecular weight excluding hydrogens is 448 g/mol. The zero-order valence-corrected chi connectivity index (χ0v) is 18.6. The van der Waals surface area contributed by atoms with Gasteiger partial charge in [0.15, 0.2) is 0 Å². The molecule has 1 aromatic heterocycles. The summed E-state index contributed by atoms with van der Waals surface area (Å²) in [4.78, 5) is 12.6. The summed E-state index contributed by atoms with van der Waals surface area (Å²) in [6, 6.07) is 23.7. The van der Waals surface area contributed by atoms with Crippen LogP contribution in [0.5, 0.6) is 0 Å². The van der Waals surface area contributed by atoms with E-state index < -0.39 is 10.0 Å². The van der Waals surface area contributed by atoms with Gasteiger partial charge in [-0.05, 0) is 36.4 Å². The second-order valence-corrected chi connectivity index (χ2v) is 9.06. The molecule has 2 N–H and O–H groups in total. The van der Waals surface area contributed by atoms with Crippen molar-refractivity contribution in [2.45, 2.75) is 4.90 Å². The number of carbonyl (C=O) groups is 1. The van der Waals surface area contributed by atoms with Crippen LogP contribution in [0.1, 0.15) is 10.4 Å². The molecule has 7 nitrogen and oxygen atoms in total. The Labute approximate surface area is 190 Å². The van der Waals surface area contributed by atoms with Crippen LogP contribution in [-0.2, 0) is 17.1 Å². The third-order valence-electron chi connectivity index (χ3n) is 4.73. The van der Waals surface area contributed by atoms with E-state index in [1.165, 1.54) is 16.8 Å². The molecule has 0 radical (unpaired) electrons. The standard InChI is InChI=1S/C23H19ClN4O3S/c1-28-22(27-32(30,31)18-7-3-2-4-8-18)15-21(26-28)16-11-13-17(14-12-16)25-23(29)19-9-5-6-10-20(19)24/h2-15,27H,1H3,(H,25,29). The summed E-state index contributed by atoms with van der Waals surface area (Å²) >= 11 is 6.07. The second-order valence-electron chi connectivity index (χ2n) is 6.97. The van der Waals surface area contributed by atoms with Crippen molar-refractivity contribution >= 4 is 39.0 Å². The van der Waals surface area contributed by atoms with Crippen LogP contribution >= 0.6 is 11.6 Å². The first-order valence-corrected chi connectivity index (χ1v) is 11.5. The fourth-order valence-corrected chi connectivity index (χ4v) is 4.39. The van der Waals surface area contributed by atoms with Crippen molar-refractivity contribution in [2.75, 3.05) is 10.0 Å². The number of carbonyl (C=O) groups excluding carboxylic acids is 1. The van der Waals surface area contributed by atoms with E-state index in [0.717, 1.165) is 5.56 Å². The summed E-state index contributed by atoms with van der Waals surface area (Å²) < 4.78 is 29.2. The Kier molecular flexibility index (Phi) is 5.98. The summed E-state index contributed by atoms with van der Waals surface area (Å²) in [6.45, 7) is 0. The highest BCUT2D eigenvalue weighted by atomic mass is 35.5. The molecule has 0 aliphatic carbocycles. The Morgan fingerprint density at radius 3 is 2.28 bits per heavy atom. The molecule has 162 valence electrons. The number of benzene rings is 3. The van der Waals surface area contributed by atoms with E-state index in [9.17, 15) is 13.2 Å². The van der Waals surface area contributed by atoms with Crippen molar-refractivity contribution in [3.63, 3.8) is 0 Å². The van der Waals surface area contributed by atoms with Gasteiger partial charge in [0.05, 0.1) is 21.2 Å². The summed E-state index contributed by atoms with van der Waals surface area (Å²) in [6.07, 6.45) is 0. The van der Waals surface area contributed by atoms with Gasteiger partial charge < -0.3 is 5.32 Å².